The molecular weight excluding hydrogens is 536 g/mol. The molecule has 0 amide bonds. The van der Waals surface area contributed by atoms with Gasteiger partial charge in [-0.1, -0.05) is 57.7 Å². The van der Waals surface area contributed by atoms with Crippen LogP contribution >= 0.6 is 11.6 Å². The number of carbonyl (C=O) groups is 1. The lowest BCUT2D eigenvalue weighted by atomic mass is 9.81. The second-order valence-corrected chi connectivity index (χ2v) is 18.0. The van der Waals surface area contributed by atoms with Gasteiger partial charge in [0.1, 0.15) is 0 Å². The third-order valence-electron chi connectivity index (χ3n) is 9.26. The van der Waals surface area contributed by atoms with Crippen LogP contribution in [-0.4, -0.2) is 37.6 Å². The molecular formula is C33H43ClN2O3Si. The fraction of sp³-hybridized carbons (Fsp3) is 0.485. The van der Waals surface area contributed by atoms with Crippen molar-refractivity contribution in [1.82, 2.24) is 9.55 Å². The molecule has 0 saturated heterocycles. The van der Waals surface area contributed by atoms with E-state index in [1.165, 1.54) is 55.9 Å². The van der Waals surface area contributed by atoms with E-state index < -0.39 is 8.32 Å². The number of nitrogens with one attached hydrogen (secondary N) is 1. The van der Waals surface area contributed by atoms with Crippen LogP contribution in [0, 0.1) is 0 Å². The molecule has 0 spiro atoms. The van der Waals surface area contributed by atoms with E-state index >= 15 is 0 Å². The van der Waals surface area contributed by atoms with Gasteiger partial charge in [-0.3, -0.25) is 0 Å². The first-order chi connectivity index (χ1) is 19.0. The molecule has 0 bridgehead atoms. The van der Waals surface area contributed by atoms with Crippen LogP contribution in [0.2, 0.25) is 23.2 Å². The van der Waals surface area contributed by atoms with Gasteiger partial charge in [0.05, 0.1) is 23.9 Å². The van der Waals surface area contributed by atoms with E-state index in [1.807, 2.05) is 24.4 Å². The molecule has 1 aliphatic rings. The number of fused-ring (bicyclic) bond motifs is 2. The van der Waals surface area contributed by atoms with Gasteiger partial charge in [0, 0.05) is 46.2 Å². The van der Waals surface area contributed by atoms with E-state index in [-0.39, 0.29) is 11.0 Å². The molecule has 1 saturated carbocycles. The minimum atomic E-state index is -1.85. The molecule has 0 atom stereocenters. The average Bonchev–Trinajstić information content (AvgIpc) is 3.54. The summed E-state index contributed by atoms with van der Waals surface area (Å²) in [5, 5.41) is 3.18. The van der Waals surface area contributed by atoms with Crippen LogP contribution in [0.3, 0.4) is 0 Å². The highest BCUT2D eigenvalue weighted by Crippen LogP contribution is 2.46. The first-order valence-electron chi connectivity index (χ1n) is 14.7. The Labute approximate surface area is 244 Å². The van der Waals surface area contributed by atoms with Gasteiger partial charge < -0.3 is 18.7 Å². The average molecular weight is 579 g/mol. The molecule has 1 N–H and O–H groups in total. The molecule has 5 nitrogen and oxygen atoms in total. The smallest absolute Gasteiger partial charge is 0.337 e. The van der Waals surface area contributed by atoms with Gasteiger partial charge in [0.25, 0.3) is 0 Å². The molecule has 2 aromatic heterocycles. The minimum Gasteiger partial charge on any atom is -0.465 e. The van der Waals surface area contributed by atoms with Crippen LogP contribution < -0.4 is 0 Å². The van der Waals surface area contributed by atoms with Crippen LogP contribution in [0.5, 0.6) is 0 Å². The van der Waals surface area contributed by atoms with Crippen molar-refractivity contribution in [2.75, 3.05) is 13.7 Å². The van der Waals surface area contributed by atoms with Crippen molar-refractivity contribution < 1.29 is 14.0 Å². The van der Waals surface area contributed by atoms with Gasteiger partial charge in [0.2, 0.25) is 0 Å². The van der Waals surface area contributed by atoms with Gasteiger partial charge in [-0.15, -0.1) is 0 Å². The topological polar surface area (TPSA) is 56.2 Å². The Balaban J connectivity index is 1.68. The van der Waals surface area contributed by atoms with Gasteiger partial charge >= 0.3 is 5.97 Å². The Kier molecular flexibility index (Phi) is 8.24. The van der Waals surface area contributed by atoms with Crippen molar-refractivity contribution in [2.45, 2.75) is 89.9 Å². The standard InChI is InChI=1S/C33H43ClN2O3Si/c1-33(2,3)40(5,6)39-20-10-19-36-28-21-23(32(37)38-4)13-14-25(28)29(22-11-8-7-9-12-22)31(36)26-15-16-27(34)24-17-18-35-30(24)26/h13-18,21-22,35H,7-12,19-20H2,1-6H3. The Morgan fingerprint density at radius 2 is 1.82 bits per heavy atom. The van der Waals surface area contributed by atoms with Crippen molar-refractivity contribution in [3.63, 3.8) is 0 Å². The maximum Gasteiger partial charge on any atom is 0.337 e. The van der Waals surface area contributed by atoms with Crippen molar-refractivity contribution in [3.05, 3.63) is 58.7 Å². The van der Waals surface area contributed by atoms with Crippen molar-refractivity contribution in [1.29, 1.82) is 0 Å². The summed E-state index contributed by atoms with van der Waals surface area (Å²) in [6.07, 6.45) is 9.00. The SMILES string of the molecule is COC(=O)c1ccc2c(C3CCCCC3)c(-c3ccc(Cl)c4cc[nH]c34)n(CCCO[Si](C)(C)C(C)(C)C)c2c1. The Morgan fingerprint density at radius 1 is 1.07 bits per heavy atom. The fourth-order valence-corrected chi connectivity index (χ4v) is 7.34. The molecule has 4 aromatic rings. The first kappa shape index (κ1) is 29.0. The van der Waals surface area contributed by atoms with Gasteiger partial charge in [-0.25, -0.2) is 4.79 Å². The number of ether oxygens (including phenoxy) is 1. The molecule has 0 unspecified atom stereocenters. The normalized spacial score (nSPS) is 15.3. The molecule has 0 radical (unpaired) electrons. The number of carbonyl (C=O) groups excluding carboxylic acids is 1. The molecule has 2 aromatic carbocycles. The van der Waals surface area contributed by atoms with E-state index in [0.717, 1.165) is 40.0 Å². The zero-order chi connectivity index (χ0) is 28.7. The quantitative estimate of drug-likeness (QED) is 0.129. The summed E-state index contributed by atoms with van der Waals surface area (Å²) in [5.74, 6) is 0.163. The maximum absolute atomic E-state index is 12.6. The lowest BCUT2D eigenvalue weighted by Crippen LogP contribution is -2.41. The van der Waals surface area contributed by atoms with Crippen LogP contribution in [-0.2, 0) is 15.7 Å². The molecule has 214 valence electrons. The number of aryl methyl sites for hydroxylation is 1. The number of hydrogen-bond acceptors (Lipinski definition) is 3. The number of methoxy groups -OCH3 is 1. The minimum absolute atomic E-state index is 0.171. The largest absolute Gasteiger partial charge is 0.465 e. The van der Waals surface area contributed by atoms with Crippen LogP contribution in [0.25, 0.3) is 33.1 Å². The molecule has 5 rings (SSSR count). The summed E-state index contributed by atoms with van der Waals surface area (Å²) < 4.78 is 14.1. The molecule has 0 aliphatic heterocycles. The number of aromatic nitrogens is 2. The van der Waals surface area contributed by atoms with Crippen molar-refractivity contribution >= 4 is 47.7 Å². The number of H-pyrrole nitrogens is 1. The highest BCUT2D eigenvalue weighted by molar-refractivity contribution is 6.74. The number of benzene rings is 2. The summed E-state index contributed by atoms with van der Waals surface area (Å²) in [6.45, 7) is 13.0. The van der Waals surface area contributed by atoms with E-state index in [1.54, 1.807) is 0 Å². The zero-order valence-electron chi connectivity index (χ0n) is 24.8. The number of hydrogen-bond donors (Lipinski definition) is 1. The second kappa shape index (κ2) is 11.4. The molecule has 2 heterocycles. The number of aromatic amines is 1. The Hall–Kier alpha value is -2.54. The van der Waals surface area contributed by atoms with Gasteiger partial charge in [-0.05, 0) is 79.2 Å². The predicted molar refractivity (Wildman–Crippen MR) is 169 cm³/mol. The van der Waals surface area contributed by atoms with E-state index in [9.17, 15) is 4.79 Å². The monoisotopic (exact) mass is 578 g/mol. The van der Waals surface area contributed by atoms with Crippen LogP contribution in [0.4, 0.5) is 0 Å². The number of esters is 1. The first-order valence-corrected chi connectivity index (χ1v) is 18.0. The van der Waals surface area contributed by atoms with E-state index in [2.05, 4.69) is 61.6 Å². The Morgan fingerprint density at radius 3 is 2.52 bits per heavy atom. The van der Waals surface area contributed by atoms with Crippen LogP contribution in [0.15, 0.2) is 42.6 Å². The maximum atomic E-state index is 12.6. The summed E-state index contributed by atoms with van der Waals surface area (Å²) in [6, 6.07) is 12.3. The summed E-state index contributed by atoms with van der Waals surface area (Å²) in [4.78, 5) is 16.1. The second-order valence-electron chi connectivity index (χ2n) is 12.8. The molecule has 1 fully saturated rings. The van der Waals surface area contributed by atoms with Gasteiger partial charge in [0.15, 0.2) is 8.32 Å². The van der Waals surface area contributed by atoms with Gasteiger partial charge in [-0.2, -0.15) is 0 Å². The number of rotatable bonds is 8. The highest BCUT2D eigenvalue weighted by Gasteiger charge is 2.37. The third-order valence-corrected chi connectivity index (χ3v) is 14.1. The third kappa shape index (κ3) is 5.38. The van der Waals surface area contributed by atoms with Crippen LogP contribution in [0.1, 0.15) is 81.1 Å². The fourth-order valence-electron chi connectivity index (χ4n) is 6.03. The lowest BCUT2D eigenvalue weighted by Gasteiger charge is -2.36. The zero-order valence-corrected chi connectivity index (χ0v) is 26.6. The molecule has 40 heavy (non-hydrogen) atoms. The van der Waals surface area contributed by atoms with Crippen molar-refractivity contribution in [2.24, 2.45) is 0 Å². The highest BCUT2D eigenvalue weighted by atomic mass is 35.5. The summed E-state index contributed by atoms with van der Waals surface area (Å²) in [7, 11) is -0.405. The summed E-state index contributed by atoms with van der Waals surface area (Å²) >= 11 is 6.63. The molecule has 1 aliphatic carbocycles. The number of halogens is 1. The van der Waals surface area contributed by atoms with E-state index in [4.69, 9.17) is 20.8 Å². The van der Waals surface area contributed by atoms with Crippen molar-refractivity contribution in [3.8, 4) is 11.3 Å². The summed E-state index contributed by atoms with van der Waals surface area (Å²) in [5.41, 5.74) is 6.51. The molecule has 7 heteroatoms. The lowest BCUT2D eigenvalue weighted by molar-refractivity contribution is 0.0601. The number of nitrogens with zero attached hydrogens (tertiary/aromatic N) is 1. The Bertz CT molecular complexity index is 1520. The van der Waals surface area contributed by atoms with E-state index in [0.29, 0.717) is 18.1 Å². The predicted octanol–water partition coefficient (Wildman–Crippen LogP) is 9.69.